The summed E-state index contributed by atoms with van der Waals surface area (Å²) in [5, 5.41) is 19.3. The topological polar surface area (TPSA) is 104 Å². The van der Waals surface area contributed by atoms with Crippen molar-refractivity contribution < 1.29 is 13.9 Å². The Morgan fingerprint density at radius 2 is 2.03 bits per heavy atom. The second-order valence-corrected chi connectivity index (χ2v) is 7.13. The van der Waals surface area contributed by atoms with Crippen LogP contribution in [0.4, 0.5) is 10.1 Å². The summed E-state index contributed by atoms with van der Waals surface area (Å²) < 4.78 is 19.9. The van der Waals surface area contributed by atoms with Crippen molar-refractivity contribution in [2.45, 2.75) is 26.1 Å². The fraction of sp³-hybridized carbons (Fsp3) is 0.261. The molecule has 32 heavy (non-hydrogen) atoms. The van der Waals surface area contributed by atoms with Gasteiger partial charge in [-0.05, 0) is 29.3 Å². The predicted molar refractivity (Wildman–Crippen MR) is 120 cm³/mol. The maximum atomic E-state index is 14.7. The van der Waals surface area contributed by atoms with E-state index in [1.807, 2.05) is 24.3 Å². The quantitative estimate of drug-likeness (QED) is 0.344. The van der Waals surface area contributed by atoms with Crippen LogP contribution in [0.25, 0.3) is 11.1 Å². The molecule has 0 saturated heterocycles. The Bertz CT molecular complexity index is 1050. The van der Waals surface area contributed by atoms with E-state index in [4.69, 9.17) is 11.2 Å². The van der Waals surface area contributed by atoms with E-state index in [0.29, 0.717) is 30.9 Å². The molecule has 1 aromatic heterocycles. The van der Waals surface area contributed by atoms with Gasteiger partial charge in [0, 0.05) is 31.3 Å². The zero-order valence-electron chi connectivity index (χ0n) is 17.7. The SMILES string of the molecule is C#CO[C@@H](CNC(C)=O)CNc1ccc(-c2ccc(CNCc3cn[nH]n3)cc2)c(F)c1. The van der Waals surface area contributed by atoms with E-state index in [0.717, 1.165) is 16.8 Å². The van der Waals surface area contributed by atoms with Crippen LogP contribution in [0.15, 0.2) is 48.7 Å². The number of H-pyrrole nitrogens is 1. The number of halogens is 1. The molecule has 166 valence electrons. The van der Waals surface area contributed by atoms with Crippen LogP contribution in [-0.4, -0.2) is 40.5 Å². The van der Waals surface area contributed by atoms with E-state index in [-0.39, 0.29) is 18.3 Å². The van der Waals surface area contributed by atoms with Crippen molar-refractivity contribution in [1.29, 1.82) is 0 Å². The molecule has 0 radical (unpaired) electrons. The van der Waals surface area contributed by atoms with E-state index in [1.54, 1.807) is 18.3 Å². The number of aromatic amines is 1. The van der Waals surface area contributed by atoms with Gasteiger partial charge in [0.05, 0.1) is 25.0 Å². The third kappa shape index (κ3) is 6.82. The van der Waals surface area contributed by atoms with Crippen molar-refractivity contribution in [2.75, 3.05) is 18.4 Å². The molecule has 0 spiro atoms. The first-order valence-corrected chi connectivity index (χ1v) is 10.1. The lowest BCUT2D eigenvalue weighted by atomic mass is 10.0. The molecule has 0 aliphatic carbocycles. The number of hydrogen-bond acceptors (Lipinski definition) is 6. The van der Waals surface area contributed by atoms with Gasteiger partial charge in [-0.15, -0.1) is 0 Å². The molecule has 4 N–H and O–H groups in total. The minimum atomic E-state index is -0.433. The standard InChI is InChI=1S/C23H25FN6O2/c1-3-32-21(14-26-16(2)31)15-27-19-8-9-22(23(24)10-19)18-6-4-17(5-7-18)11-25-12-20-13-28-30-29-20/h1,4-10,13,21,25,27H,11-12,14-15H2,2H3,(H,26,31)(H,28,29,30)/t21-/m0/s1. The third-order valence-electron chi connectivity index (χ3n) is 4.68. The Hall–Kier alpha value is -3.90. The molecule has 0 bridgehead atoms. The molecule has 0 unspecified atom stereocenters. The lowest BCUT2D eigenvalue weighted by Crippen LogP contribution is -2.35. The van der Waals surface area contributed by atoms with Crippen LogP contribution in [0.2, 0.25) is 0 Å². The van der Waals surface area contributed by atoms with E-state index in [1.165, 1.54) is 13.0 Å². The number of terminal acetylenes is 1. The average Bonchev–Trinajstić information content (AvgIpc) is 3.30. The number of amides is 1. The van der Waals surface area contributed by atoms with Gasteiger partial charge in [-0.2, -0.15) is 15.4 Å². The zero-order valence-corrected chi connectivity index (χ0v) is 17.7. The summed E-state index contributed by atoms with van der Waals surface area (Å²) in [4.78, 5) is 11.1. The van der Waals surface area contributed by atoms with Gasteiger partial charge in [0.15, 0.2) is 0 Å². The number of benzene rings is 2. The predicted octanol–water partition coefficient (Wildman–Crippen LogP) is 2.42. The number of ether oxygens (including phenoxy) is 1. The Morgan fingerprint density at radius 3 is 2.69 bits per heavy atom. The lowest BCUT2D eigenvalue weighted by molar-refractivity contribution is -0.119. The molecule has 9 heteroatoms. The van der Waals surface area contributed by atoms with Crippen LogP contribution >= 0.6 is 0 Å². The van der Waals surface area contributed by atoms with Gasteiger partial charge in [0.2, 0.25) is 5.91 Å². The Morgan fingerprint density at radius 1 is 1.22 bits per heavy atom. The summed E-state index contributed by atoms with van der Waals surface area (Å²) in [7, 11) is 0. The van der Waals surface area contributed by atoms with E-state index < -0.39 is 6.10 Å². The van der Waals surface area contributed by atoms with Gasteiger partial charge < -0.3 is 20.7 Å². The second-order valence-electron chi connectivity index (χ2n) is 7.13. The number of hydrogen-bond donors (Lipinski definition) is 4. The highest BCUT2D eigenvalue weighted by Gasteiger charge is 2.11. The van der Waals surface area contributed by atoms with Gasteiger partial charge in [-0.3, -0.25) is 4.79 Å². The number of nitrogens with zero attached hydrogens (tertiary/aromatic N) is 2. The highest BCUT2D eigenvalue weighted by Crippen LogP contribution is 2.25. The van der Waals surface area contributed by atoms with Crippen LogP contribution in [0.5, 0.6) is 0 Å². The van der Waals surface area contributed by atoms with Crippen LogP contribution in [-0.2, 0) is 22.6 Å². The largest absolute Gasteiger partial charge is 0.440 e. The van der Waals surface area contributed by atoms with Gasteiger partial charge in [-0.25, -0.2) is 4.39 Å². The van der Waals surface area contributed by atoms with Gasteiger partial charge >= 0.3 is 0 Å². The first-order chi connectivity index (χ1) is 15.5. The molecule has 8 nitrogen and oxygen atoms in total. The Kier molecular flexibility index (Phi) is 8.17. The number of carbonyl (C=O) groups excluding carboxylic acids is 1. The van der Waals surface area contributed by atoms with Crippen molar-refractivity contribution in [1.82, 2.24) is 26.0 Å². The molecule has 1 heterocycles. The highest BCUT2D eigenvalue weighted by molar-refractivity contribution is 5.72. The Balaban J connectivity index is 1.55. The van der Waals surface area contributed by atoms with Crippen molar-refractivity contribution in [3.8, 4) is 23.7 Å². The molecule has 1 atom stereocenters. The van der Waals surface area contributed by atoms with Crippen LogP contribution in [0.1, 0.15) is 18.2 Å². The fourth-order valence-electron chi connectivity index (χ4n) is 3.05. The molecule has 0 saturated carbocycles. The number of anilines is 1. The van der Waals surface area contributed by atoms with E-state index in [9.17, 15) is 9.18 Å². The number of rotatable bonds is 11. The highest BCUT2D eigenvalue weighted by atomic mass is 19.1. The molecule has 0 aliphatic rings. The number of nitrogens with one attached hydrogen (secondary N) is 4. The molecule has 1 amide bonds. The van der Waals surface area contributed by atoms with Gasteiger partial charge in [0.25, 0.3) is 0 Å². The molecular weight excluding hydrogens is 411 g/mol. The first-order valence-electron chi connectivity index (χ1n) is 10.1. The molecule has 3 aromatic rings. The maximum Gasteiger partial charge on any atom is 0.217 e. The smallest absolute Gasteiger partial charge is 0.217 e. The van der Waals surface area contributed by atoms with E-state index in [2.05, 4.69) is 37.5 Å². The summed E-state index contributed by atoms with van der Waals surface area (Å²) in [5.41, 5.74) is 3.80. The fourth-order valence-corrected chi connectivity index (χ4v) is 3.05. The van der Waals surface area contributed by atoms with Crippen LogP contribution in [0, 0.1) is 18.3 Å². The first kappa shape index (κ1) is 22.8. The van der Waals surface area contributed by atoms with Crippen molar-refractivity contribution in [3.63, 3.8) is 0 Å². The molecular formula is C23H25FN6O2. The minimum Gasteiger partial charge on any atom is -0.440 e. The Labute approximate surface area is 186 Å². The summed E-state index contributed by atoms with van der Waals surface area (Å²) >= 11 is 0. The molecule has 3 rings (SSSR count). The number of carbonyl (C=O) groups is 1. The lowest BCUT2D eigenvalue weighted by Gasteiger charge is -2.17. The molecule has 2 aromatic carbocycles. The third-order valence-corrected chi connectivity index (χ3v) is 4.68. The van der Waals surface area contributed by atoms with Gasteiger partial charge in [-0.1, -0.05) is 30.7 Å². The molecule has 0 fully saturated rings. The monoisotopic (exact) mass is 436 g/mol. The second kappa shape index (κ2) is 11.5. The van der Waals surface area contributed by atoms with Crippen molar-refractivity contribution >= 4 is 11.6 Å². The molecule has 0 aliphatic heterocycles. The van der Waals surface area contributed by atoms with Crippen LogP contribution in [0.3, 0.4) is 0 Å². The summed E-state index contributed by atoms with van der Waals surface area (Å²) in [6.07, 6.45) is 8.54. The summed E-state index contributed by atoms with van der Waals surface area (Å²) in [5.74, 6) is -0.522. The van der Waals surface area contributed by atoms with Gasteiger partial charge in [0.1, 0.15) is 18.0 Å². The maximum absolute atomic E-state index is 14.7. The van der Waals surface area contributed by atoms with Crippen molar-refractivity contribution in [2.24, 2.45) is 0 Å². The van der Waals surface area contributed by atoms with Crippen LogP contribution < -0.4 is 16.0 Å². The van der Waals surface area contributed by atoms with E-state index >= 15 is 0 Å². The number of aromatic nitrogens is 3. The van der Waals surface area contributed by atoms with Crippen molar-refractivity contribution in [3.05, 3.63) is 65.7 Å². The normalized spacial score (nSPS) is 11.4. The zero-order chi connectivity index (χ0) is 22.8. The summed E-state index contributed by atoms with van der Waals surface area (Å²) in [6, 6.07) is 12.6. The average molecular weight is 436 g/mol. The summed E-state index contributed by atoms with van der Waals surface area (Å²) in [6.45, 7) is 3.26. The minimum absolute atomic E-state index is 0.178.